The van der Waals surface area contributed by atoms with Gasteiger partial charge in [0.05, 0.1) is 18.2 Å². The summed E-state index contributed by atoms with van der Waals surface area (Å²) in [4.78, 5) is 37.2. The summed E-state index contributed by atoms with van der Waals surface area (Å²) in [6.07, 6.45) is 4.68. The quantitative estimate of drug-likeness (QED) is 0.265. The van der Waals surface area contributed by atoms with Gasteiger partial charge in [-0.05, 0) is 48.6 Å². The van der Waals surface area contributed by atoms with Crippen LogP contribution in [-0.2, 0) is 16.1 Å². The molecule has 3 heterocycles. The fraction of sp³-hybridized carbons (Fsp3) is 0.265. The van der Waals surface area contributed by atoms with Crippen molar-refractivity contribution in [1.29, 1.82) is 0 Å². The van der Waals surface area contributed by atoms with Crippen LogP contribution in [0.25, 0.3) is 11.3 Å². The molecule has 0 fully saturated rings. The molecule has 7 nitrogen and oxygen atoms in total. The average molecular weight is 578 g/mol. The van der Waals surface area contributed by atoms with Gasteiger partial charge in [-0.25, -0.2) is 4.98 Å². The Kier molecular flexibility index (Phi) is 7.37. The summed E-state index contributed by atoms with van der Waals surface area (Å²) in [7, 11) is 0. The van der Waals surface area contributed by atoms with Gasteiger partial charge >= 0.3 is 0 Å². The van der Waals surface area contributed by atoms with Crippen LogP contribution in [0.3, 0.4) is 0 Å². The number of allylic oxidation sites excluding steroid dienone is 2. The van der Waals surface area contributed by atoms with E-state index in [0.717, 1.165) is 28.1 Å². The first-order valence-electron chi connectivity index (χ1n) is 14.1. The zero-order chi connectivity index (χ0) is 29.4. The number of hydrogen-bond donors (Lipinski definition) is 1. The van der Waals surface area contributed by atoms with Crippen LogP contribution < -0.4 is 5.32 Å². The highest BCUT2D eigenvalue weighted by Crippen LogP contribution is 2.49. The molecule has 42 heavy (non-hydrogen) atoms. The molecule has 0 radical (unpaired) electrons. The first-order valence-corrected chi connectivity index (χ1v) is 14.5. The minimum atomic E-state index is -0.716. The third-order valence-electron chi connectivity index (χ3n) is 7.93. The van der Waals surface area contributed by atoms with Crippen LogP contribution in [0.15, 0.2) is 101 Å². The fourth-order valence-electron chi connectivity index (χ4n) is 6.10. The van der Waals surface area contributed by atoms with Crippen molar-refractivity contribution in [2.75, 3.05) is 5.32 Å². The number of carbonyl (C=O) groups is 2. The van der Waals surface area contributed by atoms with Crippen molar-refractivity contribution in [3.05, 3.63) is 113 Å². The number of anilines is 1. The largest absolute Gasteiger partial charge is 0.310 e. The molecule has 1 N–H and O–H groups in total. The smallest absolute Gasteiger partial charge is 0.235 e. The summed E-state index contributed by atoms with van der Waals surface area (Å²) in [5, 5.41) is 8.68. The van der Waals surface area contributed by atoms with Crippen molar-refractivity contribution >= 4 is 34.8 Å². The number of nitrogens with one attached hydrogen (secondary N) is 1. The van der Waals surface area contributed by atoms with Crippen LogP contribution in [0.4, 0.5) is 5.82 Å². The van der Waals surface area contributed by atoms with Gasteiger partial charge in [-0.3, -0.25) is 19.3 Å². The number of aromatic nitrogens is 3. The highest BCUT2D eigenvalue weighted by atomic mass is 35.5. The van der Waals surface area contributed by atoms with Crippen LogP contribution in [-0.4, -0.2) is 32.2 Å². The number of amides is 1. The first kappa shape index (κ1) is 27.8. The Hall–Kier alpha value is -4.36. The average Bonchev–Trinajstić information content (AvgIpc) is 3.37. The lowest BCUT2D eigenvalue weighted by atomic mass is 9.66. The van der Waals surface area contributed by atoms with Crippen molar-refractivity contribution in [2.24, 2.45) is 16.3 Å². The third kappa shape index (κ3) is 5.57. The maximum atomic E-state index is 14.0. The molecule has 2 unspecified atom stereocenters. The van der Waals surface area contributed by atoms with Crippen LogP contribution in [0.5, 0.6) is 0 Å². The summed E-state index contributed by atoms with van der Waals surface area (Å²) in [5.41, 5.74) is 5.35. The number of benzene rings is 2. The van der Waals surface area contributed by atoms with Gasteiger partial charge in [0.15, 0.2) is 5.78 Å². The Morgan fingerprint density at radius 2 is 1.76 bits per heavy atom. The second-order valence-electron chi connectivity index (χ2n) is 11.8. The van der Waals surface area contributed by atoms with Crippen molar-refractivity contribution in [2.45, 2.75) is 46.1 Å². The second-order valence-corrected chi connectivity index (χ2v) is 12.3. The standard InChI is InChI=1S/C34H32ClN5O2/c1-21-29(33(42)38-28-11-7-8-16-36-28)30(31-26(37-21)17-34(2,3)18-27(31)41)25-20-40(19-22-12-14-24(35)15-13-22)39-32(25)23-9-5-4-6-10-23/h4-16,20,29-30H,17-19H2,1-3H3,(H,36,38,42). The molecule has 212 valence electrons. The number of hydrogen-bond acceptors (Lipinski definition) is 5. The van der Waals surface area contributed by atoms with Crippen LogP contribution in [0.2, 0.25) is 5.02 Å². The van der Waals surface area contributed by atoms with Crippen molar-refractivity contribution in [3.63, 3.8) is 0 Å². The van der Waals surface area contributed by atoms with E-state index >= 15 is 0 Å². The number of Topliss-reactive ketones (excluding diaryl/α,β-unsaturated/α-hetero) is 1. The van der Waals surface area contributed by atoms with E-state index in [-0.39, 0.29) is 17.1 Å². The Balaban J connectivity index is 1.51. The summed E-state index contributed by atoms with van der Waals surface area (Å²) in [5.74, 6) is -1.05. The zero-order valence-electron chi connectivity index (χ0n) is 23.8. The van der Waals surface area contributed by atoms with Crippen LogP contribution in [0.1, 0.15) is 50.7 Å². The number of rotatable bonds is 6. The molecular weight excluding hydrogens is 546 g/mol. The number of halogens is 1. The maximum absolute atomic E-state index is 14.0. The third-order valence-corrected chi connectivity index (χ3v) is 8.18. The molecule has 1 aliphatic heterocycles. The lowest BCUT2D eigenvalue weighted by Crippen LogP contribution is -2.41. The van der Waals surface area contributed by atoms with Gasteiger partial charge in [0.1, 0.15) is 5.82 Å². The van der Waals surface area contributed by atoms with Gasteiger partial charge in [-0.2, -0.15) is 5.10 Å². The number of aliphatic imine (C=N–C) groups is 1. The van der Waals surface area contributed by atoms with E-state index in [1.807, 2.05) is 78.5 Å². The number of carbonyl (C=O) groups excluding carboxylic acids is 2. The van der Waals surface area contributed by atoms with E-state index in [1.54, 1.807) is 18.3 Å². The monoisotopic (exact) mass is 577 g/mol. The highest BCUT2D eigenvalue weighted by Gasteiger charge is 2.46. The minimum Gasteiger partial charge on any atom is -0.310 e. The summed E-state index contributed by atoms with van der Waals surface area (Å²) < 4.78 is 1.88. The van der Waals surface area contributed by atoms with E-state index < -0.39 is 11.8 Å². The SMILES string of the molecule is CC1=NC2=C(C(=O)CC(C)(C)C2)C(c2cn(Cc3ccc(Cl)cc3)nc2-c2ccccc2)C1C(=O)Nc1ccccn1. The molecule has 2 aromatic heterocycles. The summed E-state index contributed by atoms with van der Waals surface area (Å²) >= 11 is 6.13. The van der Waals surface area contributed by atoms with Crippen LogP contribution >= 0.6 is 11.6 Å². The summed E-state index contributed by atoms with van der Waals surface area (Å²) in [6.45, 7) is 6.57. The van der Waals surface area contributed by atoms with Gasteiger partial charge in [0.2, 0.25) is 5.91 Å². The number of nitrogens with zero attached hydrogens (tertiary/aromatic N) is 4. The molecule has 0 bridgehead atoms. The Morgan fingerprint density at radius 3 is 2.48 bits per heavy atom. The molecule has 2 atom stereocenters. The van der Waals surface area contributed by atoms with E-state index in [4.69, 9.17) is 21.7 Å². The van der Waals surface area contributed by atoms with Gasteiger partial charge in [0.25, 0.3) is 0 Å². The van der Waals surface area contributed by atoms with Crippen molar-refractivity contribution in [3.8, 4) is 11.3 Å². The molecule has 6 rings (SSSR count). The Labute approximate surface area is 250 Å². The molecule has 0 saturated carbocycles. The van der Waals surface area contributed by atoms with E-state index in [9.17, 15) is 9.59 Å². The fourth-order valence-corrected chi connectivity index (χ4v) is 6.23. The van der Waals surface area contributed by atoms with Gasteiger partial charge in [-0.15, -0.1) is 0 Å². The molecule has 2 aliphatic rings. The molecule has 0 saturated heterocycles. The highest BCUT2D eigenvalue weighted by molar-refractivity contribution is 6.30. The Morgan fingerprint density at radius 1 is 1.02 bits per heavy atom. The normalized spacial score (nSPS) is 19.7. The molecule has 2 aromatic carbocycles. The Bertz CT molecular complexity index is 1710. The summed E-state index contributed by atoms with van der Waals surface area (Å²) in [6, 6.07) is 22.9. The first-order chi connectivity index (χ1) is 20.2. The number of ketones is 1. The van der Waals surface area contributed by atoms with Gasteiger partial charge < -0.3 is 5.32 Å². The van der Waals surface area contributed by atoms with Gasteiger partial charge in [0, 0.05) is 57.9 Å². The molecule has 8 heteroatoms. The molecular formula is C34H32ClN5O2. The predicted octanol–water partition coefficient (Wildman–Crippen LogP) is 7.10. The van der Waals surface area contributed by atoms with Crippen molar-refractivity contribution < 1.29 is 9.59 Å². The topological polar surface area (TPSA) is 89.2 Å². The molecule has 4 aromatic rings. The molecule has 1 aliphatic carbocycles. The van der Waals surface area contributed by atoms with E-state index in [1.165, 1.54) is 0 Å². The van der Waals surface area contributed by atoms with Crippen molar-refractivity contribution in [1.82, 2.24) is 14.8 Å². The number of pyridine rings is 1. The lowest BCUT2D eigenvalue weighted by Gasteiger charge is -2.39. The van der Waals surface area contributed by atoms with Gasteiger partial charge in [-0.1, -0.05) is 74.0 Å². The minimum absolute atomic E-state index is 0.0302. The second kappa shape index (κ2) is 11.1. The lowest BCUT2D eigenvalue weighted by molar-refractivity contribution is -0.119. The molecule has 0 spiro atoms. The maximum Gasteiger partial charge on any atom is 0.235 e. The van der Waals surface area contributed by atoms with E-state index in [0.29, 0.717) is 41.5 Å². The zero-order valence-corrected chi connectivity index (χ0v) is 24.6. The predicted molar refractivity (Wildman–Crippen MR) is 165 cm³/mol. The molecule has 1 amide bonds. The van der Waals surface area contributed by atoms with Crippen LogP contribution in [0, 0.1) is 11.3 Å². The van der Waals surface area contributed by atoms with E-state index in [2.05, 4.69) is 24.1 Å².